The quantitative estimate of drug-likeness (QED) is 0.715. The van der Waals surface area contributed by atoms with Crippen LogP contribution in [0, 0.1) is 20.8 Å². The second-order valence-electron chi connectivity index (χ2n) is 5.90. The molecule has 0 spiro atoms. The number of anilines is 1. The highest BCUT2D eigenvalue weighted by Crippen LogP contribution is 2.29. The third-order valence-electron chi connectivity index (χ3n) is 3.75. The predicted molar refractivity (Wildman–Crippen MR) is 98.4 cm³/mol. The molecule has 0 bridgehead atoms. The van der Waals surface area contributed by atoms with Gasteiger partial charge in [-0.3, -0.25) is 4.72 Å². The number of nitrogens with one attached hydrogen (secondary N) is 1. The van der Waals surface area contributed by atoms with E-state index >= 15 is 0 Å². The van der Waals surface area contributed by atoms with Gasteiger partial charge in [0.2, 0.25) is 0 Å². The fourth-order valence-electron chi connectivity index (χ4n) is 2.51. The summed E-state index contributed by atoms with van der Waals surface area (Å²) in [6, 6.07) is 12.0. The van der Waals surface area contributed by atoms with Gasteiger partial charge < -0.3 is 4.52 Å². The van der Waals surface area contributed by atoms with Crippen LogP contribution in [0.2, 0.25) is 5.02 Å². The molecule has 3 rings (SSSR count). The van der Waals surface area contributed by atoms with Crippen molar-refractivity contribution in [3.05, 3.63) is 64.3 Å². The summed E-state index contributed by atoms with van der Waals surface area (Å²) in [7, 11) is -3.75. The molecule has 0 aliphatic heterocycles. The molecule has 0 atom stereocenters. The van der Waals surface area contributed by atoms with Gasteiger partial charge in [-0.15, -0.1) is 0 Å². The highest BCUT2D eigenvalue weighted by atomic mass is 35.5. The van der Waals surface area contributed by atoms with E-state index in [4.69, 9.17) is 16.1 Å². The van der Waals surface area contributed by atoms with Crippen LogP contribution in [0.4, 0.5) is 5.69 Å². The van der Waals surface area contributed by atoms with Gasteiger partial charge in [-0.25, -0.2) is 8.42 Å². The number of nitrogens with zero attached hydrogens (tertiary/aromatic N) is 1. The van der Waals surface area contributed by atoms with Gasteiger partial charge in [0.1, 0.15) is 0 Å². The Morgan fingerprint density at radius 3 is 2.40 bits per heavy atom. The Balaban J connectivity index is 1.94. The molecule has 0 radical (unpaired) electrons. The van der Waals surface area contributed by atoms with Crippen LogP contribution in [-0.2, 0) is 10.0 Å². The first-order valence-electron chi connectivity index (χ1n) is 7.59. The first-order valence-corrected chi connectivity index (χ1v) is 9.46. The number of hydrogen-bond acceptors (Lipinski definition) is 4. The molecule has 7 heteroatoms. The summed E-state index contributed by atoms with van der Waals surface area (Å²) < 4.78 is 33.2. The molecule has 2 aromatic carbocycles. The van der Waals surface area contributed by atoms with E-state index in [1.165, 1.54) is 0 Å². The minimum Gasteiger partial charge on any atom is -0.356 e. The normalized spacial score (nSPS) is 11.5. The van der Waals surface area contributed by atoms with Crippen LogP contribution >= 0.6 is 11.6 Å². The molecule has 0 aliphatic rings. The van der Waals surface area contributed by atoms with Crippen molar-refractivity contribution in [2.75, 3.05) is 4.72 Å². The van der Waals surface area contributed by atoms with Crippen molar-refractivity contribution >= 4 is 27.3 Å². The van der Waals surface area contributed by atoms with Gasteiger partial charge >= 0.3 is 0 Å². The van der Waals surface area contributed by atoms with Crippen LogP contribution in [0.15, 0.2) is 51.9 Å². The number of sulfonamides is 1. The van der Waals surface area contributed by atoms with E-state index in [0.29, 0.717) is 22.0 Å². The third kappa shape index (κ3) is 3.70. The maximum Gasteiger partial charge on any atom is 0.262 e. The third-order valence-corrected chi connectivity index (χ3v) is 5.58. The van der Waals surface area contributed by atoms with Crippen LogP contribution in [0.25, 0.3) is 11.3 Å². The van der Waals surface area contributed by atoms with Crippen molar-refractivity contribution in [2.24, 2.45) is 0 Å². The van der Waals surface area contributed by atoms with Crippen molar-refractivity contribution in [3.8, 4) is 11.3 Å². The molecular weight excluding hydrogens is 360 g/mol. The Hall–Kier alpha value is -2.31. The summed E-state index contributed by atoms with van der Waals surface area (Å²) in [6.45, 7) is 5.45. The van der Waals surface area contributed by atoms with Crippen molar-refractivity contribution < 1.29 is 12.9 Å². The summed E-state index contributed by atoms with van der Waals surface area (Å²) >= 11 is 6.12. The van der Waals surface area contributed by atoms with Gasteiger partial charge in [-0.1, -0.05) is 22.8 Å². The highest BCUT2D eigenvalue weighted by molar-refractivity contribution is 7.92. The van der Waals surface area contributed by atoms with E-state index in [9.17, 15) is 8.42 Å². The van der Waals surface area contributed by atoms with E-state index < -0.39 is 10.0 Å². The van der Waals surface area contributed by atoms with E-state index in [2.05, 4.69) is 9.88 Å². The molecule has 1 aromatic heterocycles. The zero-order valence-corrected chi connectivity index (χ0v) is 15.6. The number of halogens is 1. The van der Waals surface area contributed by atoms with Crippen molar-refractivity contribution in [1.29, 1.82) is 0 Å². The molecule has 0 unspecified atom stereocenters. The van der Waals surface area contributed by atoms with Crippen LogP contribution in [0.5, 0.6) is 0 Å². The summed E-state index contributed by atoms with van der Waals surface area (Å²) in [5, 5.41) is 4.20. The number of aromatic nitrogens is 1. The van der Waals surface area contributed by atoms with Crippen molar-refractivity contribution in [3.63, 3.8) is 0 Å². The molecule has 1 heterocycles. The topological polar surface area (TPSA) is 72.2 Å². The summed E-state index contributed by atoms with van der Waals surface area (Å²) in [6.07, 6.45) is 0. The molecule has 0 aliphatic carbocycles. The molecule has 0 amide bonds. The average Bonchev–Trinajstić information content (AvgIpc) is 2.96. The van der Waals surface area contributed by atoms with E-state index in [1.54, 1.807) is 49.4 Å². The van der Waals surface area contributed by atoms with Gasteiger partial charge in [-0.2, -0.15) is 0 Å². The highest BCUT2D eigenvalue weighted by Gasteiger charge is 2.19. The zero-order valence-electron chi connectivity index (χ0n) is 14.0. The second kappa shape index (κ2) is 6.54. The molecule has 130 valence electrons. The molecule has 5 nitrogen and oxygen atoms in total. The van der Waals surface area contributed by atoms with Gasteiger partial charge in [-0.05, 0) is 62.2 Å². The monoisotopic (exact) mass is 376 g/mol. The first-order chi connectivity index (χ1) is 11.8. The number of aryl methyl sites for hydroxylation is 3. The van der Waals surface area contributed by atoms with E-state index in [0.717, 1.165) is 16.8 Å². The number of hydrogen-bond donors (Lipinski definition) is 1. The summed E-state index contributed by atoms with van der Waals surface area (Å²) in [5.74, 6) is 0.596. The Morgan fingerprint density at radius 2 is 1.80 bits per heavy atom. The lowest BCUT2D eigenvalue weighted by atomic mass is 10.1. The molecule has 25 heavy (non-hydrogen) atoms. The molecule has 3 aromatic rings. The number of rotatable bonds is 4. The zero-order chi connectivity index (χ0) is 18.2. The summed E-state index contributed by atoms with van der Waals surface area (Å²) in [5.41, 5.74) is 3.44. The van der Waals surface area contributed by atoms with Crippen LogP contribution in [0.3, 0.4) is 0 Å². The maximum atomic E-state index is 12.7. The molecular formula is C18H17ClN2O3S. The van der Waals surface area contributed by atoms with E-state index in [-0.39, 0.29) is 4.90 Å². The molecule has 1 N–H and O–H groups in total. The molecule has 0 fully saturated rings. The summed E-state index contributed by atoms with van der Waals surface area (Å²) in [4.78, 5) is 0.184. The Bertz CT molecular complexity index is 1040. The fraction of sp³-hybridized carbons (Fsp3) is 0.167. The minimum absolute atomic E-state index is 0.184. The van der Waals surface area contributed by atoms with Crippen LogP contribution in [0.1, 0.15) is 16.8 Å². The van der Waals surface area contributed by atoms with Gasteiger partial charge in [0.25, 0.3) is 10.0 Å². The van der Waals surface area contributed by atoms with Crippen molar-refractivity contribution in [1.82, 2.24) is 5.16 Å². The Kier molecular flexibility index (Phi) is 4.58. The first kappa shape index (κ1) is 17.5. The second-order valence-corrected chi connectivity index (χ2v) is 7.96. The largest absolute Gasteiger partial charge is 0.356 e. The fourth-order valence-corrected chi connectivity index (χ4v) is 4.15. The van der Waals surface area contributed by atoms with Gasteiger partial charge in [0.05, 0.1) is 21.3 Å². The maximum absolute atomic E-state index is 12.7. The molecule has 0 saturated carbocycles. The smallest absolute Gasteiger partial charge is 0.262 e. The minimum atomic E-state index is -3.75. The van der Waals surface area contributed by atoms with E-state index in [1.807, 2.05) is 13.8 Å². The standard InChI is InChI=1S/C18H17ClN2O3S/c1-11-4-6-16(15(19)8-11)21-25(22,23)18-7-5-14(9-12(18)2)17-10-13(3)20-24-17/h4-10,21H,1-3H3. The lowest BCUT2D eigenvalue weighted by Crippen LogP contribution is -2.14. The number of benzene rings is 2. The average molecular weight is 377 g/mol. The SMILES string of the molecule is Cc1ccc(NS(=O)(=O)c2ccc(-c3cc(C)no3)cc2C)c(Cl)c1. The Labute approximate surface area is 151 Å². The van der Waals surface area contributed by atoms with Gasteiger partial charge in [0.15, 0.2) is 5.76 Å². The van der Waals surface area contributed by atoms with Crippen molar-refractivity contribution in [2.45, 2.75) is 25.7 Å². The van der Waals surface area contributed by atoms with Gasteiger partial charge in [0, 0.05) is 11.6 Å². The predicted octanol–water partition coefficient (Wildman–Crippen LogP) is 4.72. The lowest BCUT2D eigenvalue weighted by Gasteiger charge is -2.12. The molecule has 0 saturated heterocycles. The van der Waals surface area contributed by atoms with Crippen LogP contribution < -0.4 is 4.72 Å². The van der Waals surface area contributed by atoms with Crippen LogP contribution in [-0.4, -0.2) is 13.6 Å². The lowest BCUT2D eigenvalue weighted by molar-refractivity contribution is 0.427. The Morgan fingerprint density at radius 1 is 1.04 bits per heavy atom.